The van der Waals surface area contributed by atoms with Crippen LogP contribution in [0.3, 0.4) is 0 Å². The fourth-order valence-electron chi connectivity index (χ4n) is 0.922. The SMILES string of the molecule is CC#N.FC(F)(F)Oc1cc2cc-2c1. The van der Waals surface area contributed by atoms with Gasteiger partial charge >= 0.3 is 6.36 Å². The third-order valence-electron chi connectivity index (χ3n) is 1.39. The predicted octanol–water partition coefficient (Wildman–Crippen LogP) is 3.10. The monoisotopic (exact) mass is 201 g/mol. The van der Waals surface area contributed by atoms with Gasteiger partial charge in [-0.15, -0.1) is 13.2 Å². The Bertz CT molecular complexity index is 358. The smallest absolute Gasteiger partial charge is 0.406 e. The molecule has 0 bridgehead atoms. The minimum absolute atomic E-state index is 0.120. The largest absolute Gasteiger partial charge is 0.573 e. The minimum Gasteiger partial charge on any atom is -0.406 e. The molecule has 0 fully saturated rings. The molecule has 0 amide bonds. The molecule has 0 unspecified atom stereocenters. The number of halogens is 3. The topological polar surface area (TPSA) is 33.0 Å². The van der Waals surface area contributed by atoms with Gasteiger partial charge in [0, 0.05) is 6.92 Å². The molecule has 2 aliphatic carbocycles. The van der Waals surface area contributed by atoms with Crippen molar-refractivity contribution in [1.29, 1.82) is 5.26 Å². The number of benzene rings is 1. The summed E-state index contributed by atoms with van der Waals surface area (Å²) in [6, 6.07) is 6.26. The van der Waals surface area contributed by atoms with E-state index in [1.807, 2.05) is 0 Å². The molecule has 5 heteroatoms. The van der Waals surface area contributed by atoms with Crippen molar-refractivity contribution in [3.63, 3.8) is 0 Å². The Morgan fingerprint density at radius 3 is 2.00 bits per heavy atom. The minimum atomic E-state index is -4.57. The van der Waals surface area contributed by atoms with Crippen molar-refractivity contribution in [3.05, 3.63) is 18.2 Å². The van der Waals surface area contributed by atoms with E-state index in [9.17, 15) is 13.2 Å². The zero-order valence-electron chi connectivity index (χ0n) is 7.22. The summed E-state index contributed by atoms with van der Waals surface area (Å²) in [5, 5.41) is 7.32. The van der Waals surface area contributed by atoms with Gasteiger partial charge < -0.3 is 4.74 Å². The lowest BCUT2D eigenvalue weighted by Gasteiger charge is -2.05. The van der Waals surface area contributed by atoms with E-state index < -0.39 is 6.36 Å². The van der Waals surface area contributed by atoms with Gasteiger partial charge in [0.25, 0.3) is 0 Å². The standard InChI is InChI=1S/C7H3F3O.C2H3N/c8-7(9,10)11-6-2-4-1-5(4)3-6;1-2-3/h1-3H;1H3. The van der Waals surface area contributed by atoms with Crippen LogP contribution < -0.4 is 4.74 Å². The van der Waals surface area contributed by atoms with Crippen LogP contribution in [0.5, 0.6) is 5.75 Å². The molecule has 0 saturated carbocycles. The number of hydrogen-bond donors (Lipinski definition) is 0. The number of nitriles is 1. The molecule has 2 aliphatic rings. The van der Waals surface area contributed by atoms with Crippen LogP contribution in [0, 0.1) is 11.3 Å². The van der Waals surface area contributed by atoms with Gasteiger partial charge in [-0.05, 0) is 29.3 Å². The first-order valence-corrected chi connectivity index (χ1v) is 3.68. The Balaban J connectivity index is 0.000000293. The maximum absolute atomic E-state index is 11.5. The van der Waals surface area contributed by atoms with Crippen LogP contribution in [-0.2, 0) is 0 Å². The second-order valence-corrected chi connectivity index (χ2v) is 2.52. The van der Waals surface area contributed by atoms with Crippen LogP contribution in [0.1, 0.15) is 6.92 Å². The summed E-state index contributed by atoms with van der Waals surface area (Å²) in [7, 11) is 0. The number of fused-ring (bicyclic) bond motifs is 1. The second kappa shape index (κ2) is 3.58. The van der Waals surface area contributed by atoms with E-state index in [4.69, 9.17) is 5.26 Å². The molecule has 0 atom stereocenters. The molecule has 2 rings (SSSR count). The van der Waals surface area contributed by atoms with Crippen molar-refractivity contribution in [1.82, 2.24) is 0 Å². The first-order valence-electron chi connectivity index (χ1n) is 3.68. The summed E-state index contributed by atoms with van der Waals surface area (Å²) in [4.78, 5) is 0. The van der Waals surface area contributed by atoms with E-state index in [2.05, 4.69) is 4.74 Å². The van der Waals surface area contributed by atoms with Crippen LogP contribution in [0.2, 0.25) is 0 Å². The lowest BCUT2D eigenvalue weighted by molar-refractivity contribution is -0.274. The fourth-order valence-corrected chi connectivity index (χ4v) is 0.922. The molecule has 0 saturated heterocycles. The third kappa shape index (κ3) is 2.98. The summed E-state index contributed by atoms with van der Waals surface area (Å²) in [6.45, 7) is 1.43. The summed E-state index contributed by atoms with van der Waals surface area (Å²) in [6.07, 6.45) is -4.57. The maximum atomic E-state index is 11.5. The average Bonchev–Trinajstić information content (AvgIpc) is 2.57. The molecule has 0 aliphatic heterocycles. The van der Waals surface area contributed by atoms with Crippen molar-refractivity contribution >= 4 is 0 Å². The highest BCUT2D eigenvalue weighted by atomic mass is 19.4. The number of nitrogens with zero attached hydrogens (tertiary/aromatic N) is 1. The van der Waals surface area contributed by atoms with Crippen LogP contribution in [-0.4, -0.2) is 6.36 Å². The van der Waals surface area contributed by atoms with Crippen molar-refractivity contribution < 1.29 is 17.9 Å². The van der Waals surface area contributed by atoms with Gasteiger partial charge in [0.05, 0.1) is 6.07 Å². The molecule has 0 N–H and O–H groups in total. The maximum Gasteiger partial charge on any atom is 0.573 e. The normalized spacial score (nSPS) is 10.8. The Hall–Kier alpha value is -1.70. The molecule has 0 heterocycles. The van der Waals surface area contributed by atoms with Gasteiger partial charge in [-0.25, -0.2) is 0 Å². The van der Waals surface area contributed by atoms with Crippen molar-refractivity contribution in [2.45, 2.75) is 13.3 Å². The van der Waals surface area contributed by atoms with E-state index in [1.165, 1.54) is 19.1 Å². The zero-order valence-corrected chi connectivity index (χ0v) is 7.22. The Kier molecular flexibility index (Phi) is 2.65. The number of rotatable bonds is 1. The van der Waals surface area contributed by atoms with E-state index in [0.29, 0.717) is 0 Å². The first kappa shape index (κ1) is 10.4. The van der Waals surface area contributed by atoms with Crippen molar-refractivity contribution in [2.75, 3.05) is 0 Å². The highest BCUT2D eigenvalue weighted by molar-refractivity contribution is 5.83. The number of alkyl halides is 3. The van der Waals surface area contributed by atoms with Crippen LogP contribution in [0.25, 0.3) is 11.1 Å². The Morgan fingerprint density at radius 2 is 1.64 bits per heavy atom. The molecule has 2 nitrogen and oxygen atoms in total. The van der Waals surface area contributed by atoms with Crippen LogP contribution in [0.15, 0.2) is 18.2 Å². The van der Waals surface area contributed by atoms with Gasteiger partial charge in [-0.3, -0.25) is 0 Å². The molecule has 0 spiro atoms. The average molecular weight is 201 g/mol. The van der Waals surface area contributed by atoms with E-state index in [1.54, 1.807) is 12.1 Å². The predicted molar refractivity (Wildman–Crippen MR) is 43.4 cm³/mol. The van der Waals surface area contributed by atoms with Gasteiger partial charge in [0.2, 0.25) is 0 Å². The molecular weight excluding hydrogens is 195 g/mol. The van der Waals surface area contributed by atoms with E-state index >= 15 is 0 Å². The highest BCUT2D eigenvalue weighted by Gasteiger charge is 2.32. The second-order valence-electron chi connectivity index (χ2n) is 2.52. The number of ether oxygens (including phenoxy) is 1. The van der Waals surface area contributed by atoms with Crippen LogP contribution >= 0.6 is 0 Å². The summed E-state index contributed by atoms with van der Waals surface area (Å²) >= 11 is 0. The highest BCUT2D eigenvalue weighted by Crippen LogP contribution is 2.41. The lowest BCUT2D eigenvalue weighted by atomic mass is 10.5. The van der Waals surface area contributed by atoms with Gasteiger partial charge in [0.1, 0.15) is 5.75 Å². The molecule has 0 aromatic heterocycles. The van der Waals surface area contributed by atoms with E-state index in [-0.39, 0.29) is 5.75 Å². The molecule has 14 heavy (non-hydrogen) atoms. The Labute approximate surface area is 78.5 Å². The molecule has 0 radical (unpaired) electrons. The van der Waals surface area contributed by atoms with Gasteiger partial charge in [-0.1, -0.05) is 0 Å². The van der Waals surface area contributed by atoms with Crippen molar-refractivity contribution in [2.24, 2.45) is 0 Å². The zero-order chi connectivity index (χ0) is 10.8. The third-order valence-corrected chi connectivity index (χ3v) is 1.39. The summed E-state index contributed by atoms with van der Waals surface area (Å²) < 4.78 is 38.3. The molecule has 0 aromatic carbocycles. The Morgan fingerprint density at radius 1 is 1.21 bits per heavy atom. The summed E-state index contributed by atoms with van der Waals surface area (Å²) in [5.74, 6) is -0.120. The lowest BCUT2D eigenvalue weighted by Crippen LogP contribution is -2.16. The summed E-state index contributed by atoms with van der Waals surface area (Å²) in [5.41, 5.74) is 1.67. The number of hydrogen-bond acceptors (Lipinski definition) is 2. The quantitative estimate of drug-likeness (QED) is 0.710. The molecule has 74 valence electrons. The fraction of sp³-hybridized carbons (Fsp3) is 0.222. The van der Waals surface area contributed by atoms with Gasteiger partial charge in [-0.2, -0.15) is 5.26 Å². The van der Waals surface area contributed by atoms with Crippen LogP contribution in [0.4, 0.5) is 13.2 Å². The molecule has 0 aromatic rings. The first-order chi connectivity index (χ1) is 6.46. The van der Waals surface area contributed by atoms with Gasteiger partial charge in [0.15, 0.2) is 0 Å². The molecular formula is C9H6F3NO. The van der Waals surface area contributed by atoms with E-state index in [0.717, 1.165) is 11.1 Å². The van der Waals surface area contributed by atoms with Crippen molar-refractivity contribution in [3.8, 4) is 22.9 Å².